The highest BCUT2D eigenvalue weighted by Gasteiger charge is 2.31. The van der Waals surface area contributed by atoms with Gasteiger partial charge in [-0.2, -0.15) is 0 Å². The predicted octanol–water partition coefficient (Wildman–Crippen LogP) is -0.212. The lowest BCUT2D eigenvalue weighted by atomic mass is 9.79. The fraction of sp³-hybridized carbons (Fsp3) is 0. The Hall–Kier alpha value is -3.73. The fourth-order valence-electron chi connectivity index (χ4n) is 3.11. The maximum absolute atomic E-state index is 12.6. The molecule has 0 saturated carbocycles. The standard InChI is InChI=1S/C6H6BClO2.C6H2BF5O2.C6H3BF4O2.C6H4BF3O2/c8-6-4-2-1-3-5(6)7(9)10;8-2-1(7(13)14)3(9)5(11)6(12)4(2)10;8-3-1-2(7(12)13)4(9)6(11)5(3)10;8-3-1-4(9)6(7(11)12)5(10)2-3/h1-4,9-10H;13-14H;1,12-13H;1-2,11-12H. The van der Waals surface area contributed by atoms with Crippen molar-refractivity contribution in [3.8, 4) is 0 Å². The summed E-state index contributed by atoms with van der Waals surface area (Å²) in [7, 11) is -8.90. The number of hydrogen-bond donors (Lipinski definition) is 8. The number of hydrogen-bond acceptors (Lipinski definition) is 8. The molecule has 0 aromatic heterocycles. The monoisotopic (exact) mass is 738 g/mol. The van der Waals surface area contributed by atoms with Crippen LogP contribution in [0.1, 0.15) is 0 Å². The van der Waals surface area contributed by atoms with Crippen molar-refractivity contribution >= 4 is 61.9 Å². The maximum atomic E-state index is 12.6. The van der Waals surface area contributed by atoms with Crippen LogP contribution in [0.3, 0.4) is 0 Å². The van der Waals surface area contributed by atoms with E-state index >= 15 is 0 Å². The molecule has 8 N–H and O–H groups in total. The van der Waals surface area contributed by atoms with E-state index in [2.05, 4.69) is 0 Å². The van der Waals surface area contributed by atoms with E-state index in [4.69, 9.17) is 51.8 Å². The molecule has 0 spiro atoms. The van der Waals surface area contributed by atoms with Crippen molar-refractivity contribution in [1.82, 2.24) is 0 Å². The molecule has 0 amide bonds. The highest BCUT2D eigenvalue weighted by atomic mass is 35.5. The second-order valence-electron chi connectivity index (χ2n) is 8.67. The van der Waals surface area contributed by atoms with E-state index in [0.717, 1.165) is 0 Å². The van der Waals surface area contributed by atoms with Crippen molar-refractivity contribution in [3.05, 3.63) is 117 Å². The van der Waals surface area contributed by atoms with Crippen molar-refractivity contribution in [3.63, 3.8) is 0 Å². The van der Waals surface area contributed by atoms with Crippen LogP contribution in [0.4, 0.5) is 52.7 Å². The Labute approximate surface area is 272 Å². The molecule has 0 heterocycles. The first kappa shape index (κ1) is 43.3. The Bertz CT molecular complexity index is 1710. The van der Waals surface area contributed by atoms with Gasteiger partial charge in [-0.1, -0.05) is 29.8 Å². The third-order valence-electron chi connectivity index (χ3n) is 5.40. The average molecular weight is 738 g/mol. The van der Waals surface area contributed by atoms with Crippen molar-refractivity contribution in [2.45, 2.75) is 0 Å². The molecule has 0 unspecified atom stereocenters. The molecule has 262 valence electrons. The lowest BCUT2D eigenvalue weighted by molar-refractivity contribution is 0.373. The van der Waals surface area contributed by atoms with Gasteiger partial charge in [0.05, 0.1) is 10.9 Å². The minimum absolute atomic E-state index is 0.179. The number of rotatable bonds is 4. The number of benzene rings is 4. The molecule has 0 bridgehead atoms. The van der Waals surface area contributed by atoms with Crippen LogP contribution in [-0.2, 0) is 0 Å². The van der Waals surface area contributed by atoms with Crippen LogP contribution in [0.15, 0.2) is 42.5 Å². The predicted molar refractivity (Wildman–Crippen MR) is 150 cm³/mol. The van der Waals surface area contributed by atoms with E-state index in [1.807, 2.05) is 0 Å². The van der Waals surface area contributed by atoms with Crippen molar-refractivity contribution in [2.24, 2.45) is 0 Å². The molecule has 0 atom stereocenters. The van der Waals surface area contributed by atoms with Crippen LogP contribution in [0.25, 0.3) is 0 Å². The van der Waals surface area contributed by atoms with Gasteiger partial charge in [-0.15, -0.1) is 0 Å². The topological polar surface area (TPSA) is 162 Å². The Balaban J connectivity index is 0.000000329. The zero-order chi connectivity index (χ0) is 38.1. The normalized spacial score (nSPS) is 10.1. The summed E-state index contributed by atoms with van der Waals surface area (Å²) in [5, 5.41) is 68.1. The van der Waals surface area contributed by atoms with Gasteiger partial charge in [-0.25, -0.2) is 52.7 Å². The van der Waals surface area contributed by atoms with Gasteiger partial charge in [-0.3, -0.25) is 0 Å². The second-order valence-corrected chi connectivity index (χ2v) is 9.08. The first-order chi connectivity index (χ1) is 22.6. The molecule has 0 aliphatic carbocycles. The van der Waals surface area contributed by atoms with Crippen molar-refractivity contribution in [1.29, 1.82) is 0 Å². The first-order valence-corrected chi connectivity index (χ1v) is 12.6. The molecule has 4 aromatic carbocycles. The summed E-state index contributed by atoms with van der Waals surface area (Å²) in [5.74, 6) is -22.6. The van der Waals surface area contributed by atoms with Crippen LogP contribution in [-0.4, -0.2) is 68.7 Å². The fourth-order valence-corrected chi connectivity index (χ4v) is 3.35. The van der Waals surface area contributed by atoms with Gasteiger partial charge >= 0.3 is 28.5 Å². The molecule has 0 radical (unpaired) electrons. The van der Waals surface area contributed by atoms with Crippen molar-refractivity contribution in [2.75, 3.05) is 0 Å². The Kier molecular flexibility index (Phi) is 16.7. The summed E-state index contributed by atoms with van der Waals surface area (Å²) in [6.45, 7) is 0. The maximum Gasteiger partial charge on any atom is 0.494 e. The Morgan fingerprint density at radius 3 is 1.14 bits per heavy atom. The molecule has 8 nitrogen and oxygen atoms in total. The molecule has 4 rings (SSSR count). The van der Waals surface area contributed by atoms with Crippen LogP contribution >= 0.6 is 11.6 Å². The van der Waals surface area contributed by atoms with Crippen LogP contribution in [0, 0.1) is 69.8 Å². The molecule has 49 heavy (non-hydrogen) atoms. The minimum Gasteiger partial charge on any atom is -0.423 e. The van der Waals surface area contributed by atoms with Gasteiger partial charge in [0.1, 0.15) is 17.5 Å². The highest BCUT2D eigenvalue weighted by molar-refractivity contribution is 6.62. The van der Waals surface area contributed by atoms with E-state index < -0.39 is 115 Å². The van der Waals surface area contributed by atoms with Crippen LogP contribution < -0.4 is 21.9 Å². The third-order valence-corrected chi connectivity index (χ3v) is 5.74. The summed E-state index contributed by atoms with van der Waals surface area (Å²) < 4.78 is 149. The SMILES string of the molecule is OB(O)c1c(F)c(F)c(F)c(F)c1F.OB(O)c1c(F)cc(F)cc1F.OB(O)c1cc(F)c(F)c(F)c1F.OB(O)c1ccccc1Cl. The van der Waals surface area contributed by atoms with Gasteiger partial charge < -0.3 is 40.2 Å². The van der Waals surface area contributed by atoms with E-state index in [-0.39, 0.29) is 6.07 Å². The molecular weight excluding hydrogens is 723 g/mol. The van der Waals surface area contributed by atoms with E-state index in [1.165, 1.54) is 0 Å². The largest absolute Gasteiger partial charge is 0.494 e. The molecule has 0 fully saturated rings. The van der Waals surface area contributed by atoms with Crippen molar-refractivity contribution < 1.29 is 92.9 Å². The third kappa shape index (κ3) is 11.4. The zero-order valence-electron chi connectivity index (χ0n) is 23.3. The number of halogens is 13. The zero-order valence-corrected chi connectivity index (χ0v) is 24.1. The van der Waals surface area contributed by atoms with Crippen LogP contribution in [0.2, 0.25) is 5.02 Å². The summed E-state index contributed by atoms with van der Waals surface area (Å²) in [6.07, 6.45) is 0. The lowest BCUT2D eigenvalue weighted by Gasteiger charge is -2.06. The van der Waals surface area contributed by atoms with E-state index in [9.17, 15) is 52.7 Å². The van der Waals surface area contributed by atoms with E-state index in [1.54, 1.807) is 24.3 Å². The second kappa shape index (κ2) is 18.9. The van der Waals surface area contributed by atoms with Gasteiger partial charge in [0.2, 0.25) is 0 Å². The van der Waals surface area contributed by atoms with Gasteiger partial charge in [0.15, 0.2) is 52.4 Å². The summed E-state index contributed by atoms with van der Waals surface area (Å²) >= 11 is 5.60. The quantitative estimate of drug-likeness (QED) is 0.0619. The molecular formula is C24H15B4ClF12O8. The van der Waals surface area contributed by atoms with Gasteiger partial charge in [0.25, 0.3) is 0 Å². The molecule has 0 saturated heterocycles. The lowest BCUT2D eigenvalue weighted by Crippen LogP contribution is -2.38. The Morgan fingerprint density at radius 2 is 0.776 bits per heavy atom. The Morgan fingerprint density at radius 1 is 0.388 bits per heavy atom. The van der Waals surface area contributed by atoms with E-state index in [0.29, 0.717) is 22.6 Å². The smallest absolute Gasteiger partial charge is 0.423 e. The summed E-state index contributed by atoms with van der Waals surface area (Å²) in [6, 6.07) is 7.52. The molecule has 25 heteroatoms. The molecule has 0 aliphatic heterocycles. The van der Waals surface area contributed by atoms with Gasteiger partial charge in [-0.05, 0) is 12.1 Å². The minimum atomic E-state index is -2.76. The first-order valence-electron chi connectivity index (χ1n) is 12.2. The van der Waals surface area contributed by atoms with Crippen LogP contribution in [0.5, 0.6) is 0 Å². The molecule has 0 aliphatic rings. The molecule has 4 aromatic rings. The summed E-state index contributed by atoms with van der Waals surface area (Å²) in [4.78, 5) is 0. The van der Waals surface area contributed by atoms with Gasteiger partial charge in [0, 0.05) is 28.1 Å². The average Bonchev–Trinajstić information content (AvgIpc) is 3.00. The highest BCUT2D eigenvalue weighted by Crippen LogP contribution is 2.16. The summed E-state index contributed by atoms with van der Waals surface area (Å²) in [5.41, 5.74) is -3.32.